The van der Waals surface area contributed by atoms with Crippen LogP contribution in [0.1, 0.15) is 0 Å². The van der Waals surface area contributed by atoms with Crippen molar-refractivity contribution in [1.82, 2.24) is 4.98 Å². The third kappa shape index (κ3) is 1.53. The summed E-state index contributed by atoms with van der Waals surface area (Å²) in [7, 11) is 0. The summed E-state index contributed by atoms with van der Waals surface area (Å²) in [6.07, 6.45) is 1.64. The summed E-state index contributed by atoms with van der Waals surface area (Å²) in [6, 6.07) is 4.48. The van der Waals surface area contributed by atoms with Crippen molar-refractivity contribution >= 4 is 17.0 Å². The number of nitrogens with zero attached hydrogens (tertiary/aromatic N) is 1. The molecule has 0 saturated heterocycles. The third-order valence-corrected chi connectivity index (χ3v) is 2.46. The van der Waals surface area contributed by atoms with E-state index in [9.17, 15) is 4.39 Å². The highest BCUT2D eigenvalue weighted by Crippen LogP contribution is 2.26. The van der Waals surface area contributed by atoms with Crippen molar-refractivity contribution in [1.29, 1.82) is 0 Å². The number of anilines is 1. The van der Waals surface area contributed by atoms with Crippen LogP contribution in [0, 0.1) is 5.82 Å². The summed E-state index contributed by atoms with van der Waals surface area (Å²) in [4.78, 5) is 4.01. The van der Waals surface area contributed by atoms with Crippen LogP contribution >= 0.6 is 11.3 Å². The van der Waals surface area contributed by atoms with E-state index in [-0.39, 0.29) is 5.82 Å². The van der Waals surface area contributed by atoms with Gasteiger partial charge in [0, 0.05) is 22.8 Å². The van der Waals surface area contributed by atoms with E-state index < -0.39 is 0 Å². The Kier molecular flexibility index (Phi) is 1.98. The van der Waals surface area contributed by atoms with Gasteiger partial charge in [-0.3, -0.25) is 0 Å². The van der Waals surface area contributed by atoms with Crippen LogP contribution in [0.15, 0.2) is 29.8 Å². The number of benzene rings is 1. The van der Waals surface area contributed by atoms with Crippen molar-refractivity contribution in [3.8, 4) is 10.6 Å². The summed E-state index contributed by atoms with van der Waals surface area (Å²) in [5.41, 5.74) is 6.56. The molecule has 66 valence electrons. The van der Waals surface area contributed by atoms with Crippen LogP contribution in [0.4, 0.5) is 10.1 Å². The number of aromatic nitrogens is 1. The topological polar surface area (TPSA) is 38.9 Å². The Hall–Kier alpha value is -1.42. The van der Waals surface area contributed by atoms with Crippen LogP contribution in [0.5, 0.6) is 0 Å². The highest BCUT2D eigenvalue weighted by atomic mass is 32.1. The van der Waals surface area contributed by atoms with Gasteiger partial charge in [0.1, 0.15) is 10.8 Å². The molecule has 2 rings (SSSR count). The smallest absolute Gasteiger partial charge is 0.133 e. The molecular formula is C9H7FN2S. The summed E-state index contributed by atoms with van der Waals surface area (Å²) >= 11 is 1.39. The lowest BCUT2D eigenvalue weighted by atomic mass is 10.2. The molecule has 2 nitrogen and oxygen atoms in total. The minimum atomic E-state index is -0.288. The van der Waals surface area contributed by atoms with E-state index in [1.807, 2.05) is 0 Å². The lowest BCUT2D eigenvalue weighted by Gasteiger charge is -1.99. The van der Waals surface area contributed by atoms with E-state index in [4.69, 9.17) is 5.73 Å². The predicted molar refractivity (Wildman–Crippen MR) is 51.9 cm³/mol. The van der Waals surface area contributed by atoms with Crippen LogP contribution in [-0.2, 0) is 0 Å². The fraction of sp³-hybridized carbons (Fsp3) is 0. The van der Waals surface area contributed by atoms with Crippen LogP contribution in [-0.4, -0.2) is 4.98 Å². The van der Waals surface area contributed by atoms with E-state index >= 15 is 0 Å². The first-order chi connectivity index (χ1) is 6.27. The zero-order valence-corrected chi connectivity index (χ0v) is 7.51. The van der Waals surface area contributed by atoms with Gasteiger partial charge in [-0.25, -0.2) is 9.37 Å². The fourth-order valence-corrected chi connectivity index (χ4v) is 1.72. The number of halogens is 1. The van der Waals surface area contributed by atoms with Crippen molar-refractivity contribution in [2.75, 3.05) is 5.73 Å². The number of rotatable bonds is 1. The largest absolute Gasteiger partial charge is 0.399 e. The van der Waals surface area contributed by atoms with Gasteiger partial charge in [0.05, 0.1) is 0 Å². The van der Waals surface area contributed by atoms with Crippen LogP contribution < -0.4 is 5.73 Å². The molecule has 0 aliphatic rings. The molecule has 0 unspecified atom stereocenters. The average Bonchev–Trinajstić information content (AvgIpc) is 2.61. The second-order valence-corrected chi connectivity index (χ2v) is 3.47. The van der Waals surface area contributed by atoms with E-state index in [2.05, 4.69) is 4.98 Å². The molecule has 0 aliphatic carbocycles. The standard InChI is InChI=1S/C9H7FN2S/c10-8-2-1-6(11)5-7(8)9-12-3-4-13-9/h1-5H,11H2. The molecule has 2 aromatic rings. The van der Waals surface area contributed by atoms with Crippen LogP contribution in [0.2, 0.25) is 0 Å². The molecule has 0 saturated carbocycles. The van der Waals surface area contributed by atoms with Gasteiger partial charge < -0.3 is 5.73 Å². The van der Waals surface area contributed by atoms with Gasteiger partial charge in [-0.2, -0.15) is 0 Å². The maximum atomic E-state index is 13.2. The Morgan fingerprint density at radius 2 is 2.23 bits per heavy atom. The van der Waals surface area contributed by atoms with Crippen LogP contribution in [0.3, 0.4) is 0 Å². The molecule has 2 N–H and O–H groups in total. The second-order valence-electron chi connectivity index (χ2n) is 2.58. The molecule has 0 spiro atoms. The predicted octanol–water partition coefficient (Wildman–Crippen LogP) is 2.53. The lowest BCUT2D eigenvalue weighted by molar-refractivity contribution is 0.631. The molecule has 0 atom stereocenters. The maximum absolute atomic E-state index is 13.2. The molecule has 1 aromatic heterocycles. The number of hydrogen-bond donors (Lipinski definition) is 1. The minimum Gasteiger partial charge on any atom is -0.399 e. The van der Waals surface area contributed by atoms with Crippen molar-refractivity contribution < 1.29 is 4.39 Å². The Balaban J connectivity index is 2.57. The molecule has 13 heavy (non-hydrogen) atoms. The first kappa shape index (κ1) is 8.19. The van der Waals surface area contributed by atoms with Gasteiger partial charge in [0.2, 0.25) is 0 Å². The number of nitrogen functional groups attached to an aromatic ring is 1. The highest BCUT2D eigenvalue weighted by Gasteiger charge is 2.06. The molecule has 0 fully saturated rings. The molecule has 0 amide bonds. The molecule has 0 aliphatic heterocycles. The van der Waals surface area contributed by atoms with E-state index in [1.165, 1.54) is 23.5 Å². The van der Waals surface area contributed by atoms with Crippen LogP contribution in [0.25, 0.3) is 10.6 Å². The highest BCUT2D eigenvalue weighted by molar-refractivity contribution is 7.13. The average molecular weight is 194 g/mol. The molecule has 0 bridgehead atoms. The van der Waals surface area contributed by atoms with Crippen molar-refractivity contribution in [2.24, 2.45) is 0 Å². The summed E-state index contributed by atoms with van der Waals surface area (Å²) in [6.45, 7) is 0. The molecular weight excluding hydrogens is 187 g/mol. The number of thiazole rings is 1. The molecule has 4 heteroatoms. The Bertz CT molecular complexity index is 412. The van der Waals surface area contributed by atoms with Gasteiger partial charge in [-0.05, 0) is 18.2 Å². The first-order valence-electron chi connectivity index (χ1n) is 3.72. The molecule has 1 heterocycles. The molecule has 0 radical (unpaired) electrons. The van der Waals surface area contributed by atoms with Gasteiger partial charge in [0.25, 0.3) is 0 Å². The lowest BCUT2D eigenvalue weighted by Crippen LogP contribution is -1.88. The van der Waals surface area contributed by atoms with E-state index in [0.717, 1.165) is 0 Å². The quantitative estimate of drug-likeness (QED) is 0.708. The van der Waals surface area contributed by atoms with Crippen molar-refractivity contribution in [3.63, 3.8) is 0 Å². The minimum absolute atomic E-state index is 0.288. The second kappa shape index (κ2) is 3.14. The summed E-state index contributed by atoms with van der Waals surface area (Å²) in [5.74, 6) is -0.288. The van der Waals surface area contributed by atoms with E-state index in [0.29, 0.717) is 16.3 Å². The Morgan fingerprint density at radius 1 is 1.38 bits per heavy atom. The van der Waals surface area contributed by atoms with Gasteiger partial charge >= 0.3 is 0 Å². The zero-order valence-electron chi connectivity index (χ0n) is 6.70. The fourth-order valence-electron chi connectivity index (χ4n) is 1.06. The summed E-state index contributed by atoms with van der Waals surface area (Å²) in [5, 5.41) is 2.46. The van der Waals surface area contributed by atoms with Gasteiger partial charge in [-0.1, -0.05) is 0 Å². The van der Waals surface area contributed by atoms with Gasteiger partial charge in [-0.15, -0.1) is 11.3 Å². The third-order valence-electron chi connectivity index (χ3n) is 1.65. The molecule has 1 aromatic carbocycles. The first-order valence-corrected chi connectivity index (χ1v) is 4.60. The Labute approximate surface area is 78.9 Å². The Morgan fingerprint density at radius 3 is 2.92 bits per heavy atom. The monoisotopic (exact) mass is 194 g/mol. The van der Waals surface area contributed by atoms with E-state index in [1.54, 1.807) is 17.6 Å². The SMILES string of the molecule is Nc1ccc(F)c(-c2nccs2)c1. The van der Waals surface area contributed by atoms with Crippen molar-refractivity contribution in [2.45, 2.75) is 0 Å². The number of hydrogen-bond acceptors (Lipinski definition) is 3. The summed E-state index contributed by atoms with van der Waals surface area (Å²) < 4.78 is 13.2. The maximum Gasteiger partial charge on any atom is 0.133 e. The normalized spacial score (nSPS) is 10.2. The number of nitrogens with two attached hydrogens (primary N) is 1. The van der Waals surface area contributed by atoms with Gasteiger partial charge in [0.15, 0.2) is 0 Å². The van der Waals surface area contributed by atoms with Crippen molar-refractivity contribution in [3.05, 3.63) is 35.6 Å². The zero-order chi connectivity index (χ0) is 9.26.